The minimum Gasteiger partial charge on any atom is -0.398 e. The van der Waals surface area contributed by atoms with Gasteiger partial charge in [0.1, 0.15) is 5.65 Å². The predicted molar refractivity (Wildman–Crippen MR) is 114 cm³/mol. The molecule has 0 aliphatic rings. The van der Waals surface area contributed by atoms with Crippen LogP contribution in [0.5, 0.6) is 0 Å². The van der Waals surface area contributed by atoms with Crippen molar-refractivity contribution in [2.45, 2.75) is 13.1 Å². The molecule has 0 saturated heterocycles. The average molecular weight is 421 g/mol. The van der Waals surface area contributed by atoms with Gasteiger partial charge >= 0.3 is 0 Å². The molecule has 4 aromatic rings. The lowest BCUT2D eigenvalue weighted by molar-refractivity contribution is 0.314. The van der Waals surface area contributed by atoms with Crippen molar-refractivity contribution >= 4 is 27.3 Å². The zero-order valence-electron chi connectivity index (χ0n) is 15.1. The summed E-state index contributed by atoms with van der Waals surface area (Å²) in [6, 6.07) is 22.6. The molecule has 136 valence electrons. The van der Waals surface area contributed by atoms with Gasteiger partial charge in [0, 0.05) is 35.0 Å². The molecular formula is C22H21BrN4. The molecule has 2 N–H and O–H groups in total. The van der Waals surface area contributed by atoms with E-state index in [1.54, 1.807) is 0 Å². The van der Waals surface area contributed by atoms with Crippen LogP contribution in [0.15, 0.2) is 77.4 Å². The fraction of sp³-hybridized carbons (Fsp3) is 0.136. The first-order valence-corrected chi connectivity index (χ1v) is 9.64. The number of nitrogens with zero attached hydrogens (tertiary/aromatic N) is 3. The Balaban J connectivity index is 1.73. The first kappa shape index (κ1) is 17.8. The topological polar surface area (TPSA) is 46.6 Å². The van der Waals surface area contributed by atoms with Crippen LogP contribution in [0.25, 0.3) is 16.9 Å². The highest BCUT2D eigenvalue weighted by molar-refractivity contribution is 9.10. The van der Waals surface area contributed by atoms with Gasteiger partial charge in [0.2, 0.25) is 0 Å². The van der Waals surface area contributed by atoms with E-state index in [-0.39, 0.29) is 0 Å². The Morgan fingerprint density at radius 3 is 2.44 bits per heavy atom. The number of hydrogen-bond donors (Lipinski definition) is 1. The second-order valence-corrected chi connectivity index (χ2v) is 7.68. The fourth-order valence-electron chi connectivity index (χ4n) is 3.31. The molecule has 5 heteroatoms. The fourth-order valence-corrected chi connectivity index (χ4v) is 3.57. The van der Waals surface area contributed by atoms with Gasteiger partial charge in [-0.05, 0) is 36.9 Å². The van der Waals surface area contributed by atoms with E-state index in [1.165, 1.54) is 5.56 Å². The molecule has 27 heavy (non-hydrogen) atoms. The standard InChI is InChI=1S/C22H21BrN4/c1-26(13-16-5-3-2-4-6-16)15-20-22(17-7-9-18(23)10-8-17)25-21-12-11-19(24)14-27(20)21/h2-12,14H,13,15,24H2,1H3. The Hall–Kier alpha value is -2.63. The van der Waals surface area contributed by atoms with E-state index >= 15 is 0 Å². The van der Waals surface area contributed by atoms with Crippen LogP contribution >= 0.6 is 15.9 Å². The van der Waals surface area contributed by atoms with Gasteiger partial charge in [-0.15, -0.1) is 0 Å². The predicted octanol–water partition coefficient (Wildman–Crippen LogP) is 4.98. The van der Waals surface area contributed by atoms with E-state index < -0.39 is 0 Å². The number of benzene rings is 2. The van der Waals surface area contributed by atoms with Gasteiger partial charge in [-0.25, -0.2) is 4.98 Å². The number of fused-ring (bicyclic) bond motifs is 1. The molecule has 0 fully saturated rings. The minimum atomic E-state index is 0.731. The monoisotopic (exact) mass is 420 g/mol. The largest absolute Gasteiger partial charge is 0.398 e. The van der Waals surface area contributed by atoms with Crippen LogP contribution in [0.1, 0.15) is 11.3 Å². The van der Waals surface area contributed by atoms with E-state index in [4.69, 9.17) is 10.7 Å². The number of anilines is 1. The van der Waals surface area contributed by atoms with Crippen molar-refractivity contribution in [3.8, 4) is 11.3 Å². The SMILES string of the molecule is CN(Cc1ccccc1)Cc1c(-c2ccc(Br)cc2)nc2ccc(N)cn12. The summed E-state index contributed by atoms with van der Waals surface area (Å²) in [4.78, 5) is 7.18. The molecule has 0 aliphatic carbocycles. The Bertz CT molecular complexity index is 1060. The Labute approximate surface area is 167 Å². The quantitative estimate of drug-likeness (QED) is 0.495. The molecular weight excluding hydrogens is 400 g/mol. The molecule has 4 rings (SSSR count). The van der Waals surface area contributed by atoms with E-state index in [0.29, 0.717) is 0 Å². The van der Waals surface area contributed by atoms with Crippen molar-refractivity contribution in [1.29, 1.82) is 0 Å². The van der Waals surface area contributed by atoms with Gasteiger partial charge in [-0.2, -0.15) is 0 Å². The number of nitrogen functional groups attached to an aromatic ring is 1. The smallest absolute Gasteiger partial charge is 0.137 e. The summed E-state index contributed by atoms with van der Waals surface area (Å²) in [5, 5.41) is 0. The van der Waals surface area contributed by atoms with Gasteiger partial charge in [0.05, 0.1) is 11.4 Å². The van der Waals surface area contributed by atoms with E-state index in [0.717, 1.165) is 45.8 Å². The molecule has 0 aliphatic heterocycles. The summed E-state index contributed by atoms with van der Waals surface area (Å²) in [7, 11) is 2.13. The summed E-state index contributed by atoms with van der Waals surface area (Å²) < 4.78 is 3.16. The summed E-state index contributed by atoms with van der Waals surface area (Å²) in [5.74, 6) is 0. The van der Waals surface area contributed by atoms with Gasteiger partial charge in [-0.3, -0.25) is 4.90 Å². The van der Waals surface area contributed by atoms with Gasteiger partial charge in [-0.1, -0.05) is 58.4 Å². The summed E-state index contributed by atoms with van der Waals surface area (Å²) in [6.07, 6.45) is 1.95. The van der Waals surface area contributed by atoms with Crippen molar-refractivity contribution in [1.82, 2.24) is 14.3 Å². The van der Waals surface area contributed by atoms with Crippen molar-refractivity contribution < 1.29 is 0 Å². The molecule has 0 unspecified atom stereocenters. The third-order valence-electron chi connectivity index (χ3n) is 4.57. The summed E-state index contributed by atoms with van der Waals surface area (Å²) in [5.41, 5.74) is 12.2. The lowest BCUT2D eigenvalue weighted by atomic mass is 10.1. The third kappa shape index (κ3) is 3.89. The van der Waals surface area contributed by atoms with Crippen LogP contribution in [-0.4, -0.2) is 21.3 Å². The molecule has 2 aromatic carbocycles. The first-order valence-electron chi connectivity index (χ1n) is 8.85. The Morgan fingerprint density at radius 2 is 1.70 bits per heavy atom. The van der Waals surface area contributed by atoms with Crippen molar-refractivity contribution in [2.75, 3.05) is 12.8 Å². The molecule has 2 aromatic heterocycles. The molecule has 0 spiro atoms. The highest BCUT2D eigenvalue weighted by Crippen LogP contribution is 2.27. The lowest BCUT2D eigenvalue weighted by Gasteiger charge is -2.18. The molecule has 0 bridgehead atoms. The molecule has 4 nitrogen and oxygen atoms in total. The van der Waals surface area contributed by atoms with Crippen molar-refractivity contribution in [3.63, 3.8) is 0 Å². The van der Waals surface area contributed by atoms with E-state index in [9.17, 15) is 0 Å². The van der Waals surface area contributed by atoms with E-state index in [2.05, 4.69) is 68.7 Å². The van der Waals surface area contributed by atoms with Crippen LogP contribution in [0.3, 0.4) is 0 Å². The molecule has 0 saturated carbocycles. The Kier molecular flexibility index (Phi) is 4.97. The van der Waals surface area contributed by atoms with Crippen LogP contribution in [0.2, 0.25) is 0 Å². The van der Waals surface area contributed by atoms with Gasteiger partial charge in [0.25, 0.3) is 0 Å². The highest BCUT2D eigenvalue weighted by Gasteiger charge is 2.16. The maximum atomic E-state index is 6.05. The number of aromatic nitrogens is 2. The average Bonchev–Trinajstić information content (AvgIpc) is 3.01. The molecule has 0 atom stereocenters. The summed E-state index contributed by atoms with van der Waals surface area (Å²) >= 11 is 3.51. The van der Waals surface area contributed by atoms with Crippen LogP contribution in [0.4, 0.5) is 5.69 Å². The highest BCUT2D eigenvalue weighted by atomic mass is 79.9. The maximum absolute atomic E-state index is 6.05. The number of nitrogens with two attached hydrogens (primary N) is 1. The second-order valence-electron chi connectivity index (χ2n) is 6.76. The van der Waals surface area contributed by atoms with Gasteiger partial charge < -0.3 is 10.1 Å². The van der Waals surface area contributed by atoms with Crippen LogP contribution in [-0.2, 0) is 13.1 Å². The zero-order chi connectivity index (χ0) is 18.8. The molecule has 0 radical (unpaired) electrons. The lowest BCUT2D eigenvalue weighted by Crippen LogP contribution is -2.18. The minimum absolute atomic E-state index is 0.731. The maximum Gasteiger partial charge on any atom is 0.137 e. The summed E-state index contributed by atoms with van der Waals surface area (Å²) in [6.45, 7) is 1.64. The first-order chi connectivity index (χ1) is 13.1. The molecule has 2 heterocycles. The Morgan fingerprint density at radius 1 is 0.963 bits per heavy atom. The number of hydrogen-bond acceptors (Lipinski definition) is 3. The zero-order valence-corrected chi connectivity index (χ0v) is 16.7. The van der Waals surface area contributed by atoms with Crippen LogP contribution < -0.4 is 5.73 Å². The second kappa shape index (κ2) is 7.55. The number of rotatable bonds is 5. The van der Waals surface area contributed by atoms with Crippen molar-refractivity contribution in [2.24, 2.45) is 0 Å². The van der Waals surface area contributed by atoms with Gasteiger partial charge in [0.15, 0.2) is 0 Å². The van der Waals surface area contributed by atoms with Crippen LogP contribution in [0, 0.1) is 0 Å². The number of halogens is 1. The number of imidazole rings is 1. The van der Waals surface area contributed by atoms with E-state index in [1.807, 2.05) is 36.5 Å². The number of pyridine rings is 1. The molecule has 0 amide bonds. The normalized spacial score (nSPS) is 11.4. The third-order valence-corrected chi connectivity index (χ3v) is 5.10. The van der Waals surface area contributed by atoms with Crippen molar-refractivity contribution in [3.05, 3.63) is 88.7 Å².